The lowest BCUT2D eigenvalue weighted by molar-refractivity contribution is -0.122. The maximum atomic E-state index is 13.0. The lowest BCUT2D eigenvalue weighted by Gasteiger charge is -2.28. The maximum Gasteiger partial charge on any atom is 0.270 e. The van der Waals surface area contributed by atoms with Gasteiger partial charge >= 0.3 is 0 Å². The predicted octanol–water partition coefficient (Wildman–Crippen LogP) is 4.75. The Balaban J connectivity index is 1.52. The summed E-state index contributed by atoms with van der Waals surface area (Å²) in [5.74, 6) is -0.348. The van der Waals surface area contributed by atoms with Crippen LogP contribution in [-0.4, -0.2) is 16.9 Å². The van der Waals surface area contributed by atoms with E-state index in [0.717, 1.165) is 5.56 Å². The van der Waals surface area contributed by atoms with E-state index in [4.69, 9.17) is 28.6 Å². The van der Waals surface area contributed by atoms with Gasteiger partial charge in [0.05, 0.1) is 5.69 Å². The molecule has 4 rings (SSSR count). The van der Waals surface area contributed by atoms with Crippen LogP contribution in [0.2, 0.25) is 5.02 Å². The van der Waals surface area contributed by atoms with Gasteiger partial charge < -0.3 is 4.74 Å². The number of nitrogens with zero attached hydrogens (tertiary/aromatic N) is 1. The molecule has 1 heterocycles. The molecule has 7 heteroatoms. The third-order valence-corrected chi connectivity index (χ3v) is 5.16. The zero-order chi connectivity index (χ0) is 21.8. The quantitative estimate of drug-likeness (QED) is 0.347. The van der Waals surface area contributed by atoms with Crippen LogP contribution >= 0.6 is 23.8 Å². The average molecular weight is 449 g/mol. The molecular formula is C24H17ClN2O3S. The van der Waals surface area contributed by atoms with E-state index in [9.17, 15) is 9.59 Å². The highest BCUT2D eigenvalue weighted by Crippen LogP contribution is 2.24. The standard InChI is InChI=1S/C24H17ClN2O3S/c25-18-8-10-19(11-9-18)27-23(29)21(22(28)26-24(27)31)14-16-6-12-20(13-7-16)30-15-17-4-2-1-3-5-17/h1-14H,15H2,(H,26,28,31). The van der Waals surface area contributed by atoms with Gasteiger partial charge in [-0.3, -0.25) is 19.8 Å². The van der Waals surface area contributed by atoms with E-state index in [1.165, 1.54) is 11.0 Å². The molecule has 1 fully saturated rings. The molecule has 0 aromatic heterocycles. The summed E-state index contributed by atoms with van der Waals surface area (Å²) < 4.78 is 5.77. The molecule has 0 aliphatic carbocycles. The van der Waals surface area contributed by atoms with Gasteiger partial charge in [0.15, 0.2) is 5.11 Å². The Kier molecular flexibility index (Phi) is 6.11. The molecule has 0 spiro atoms. The molecule has 1 aliphatic heterocycles. The Hall–Kier alpha value is -3.48. The number of anilines is 1. The number of hydrogen-bond donors (Lipinski definition) is 1. The first-order chi connectivity index (χ1) is 15.0. The second-order valence-electron chi connectivity index (χ2n) is 6.78. The fourth-order valence-corrected chi connectivity index (χ4v) is 3.46. The van der Waals surface area contributed by atoms with Gasteiger partial charge in [-0.25, -0.2) is 0 Å². The van der Waals surface area contributed by atoms with Crippen LogP contribution in [0.1, 0.15) is 11.1 Å². The number of benzene rings is 3. The Morgan fingerprint density at radius 1 is 0.935 bits per heavy atom. The summed E-state index contributed by atoms with van der Waals surface area (Å²) in [5.41, 5.74) is 2.27. The summed E-state index contributed by atoms with van der Waals surface area (Å²) in [6, 6.07) is 23.6. The number of carbonyl (C=O) groups is 2. The first-order valence-electron chi connectivity index (χ1n) is 9.45. The number of rotatable bonds is 5. The summed E-state index contributed by atoms with van der Waals surface area (Å²) in [6.45, 7) is 0.454. The van der Waals surface area contributed by atoms with E-state index < -0.39 is 11.8 Å². The number of hydrogen-bond acceptors (Lipinski definition) is 4. The minimum absolute atomic E-state index is 0.0125. The molecule has 0 unspecified atom stereocenters. The molecule has 1 aliphatic rings. The van der Waals surface area contributed by atoms with Gasteiger partial charge in [-0.05, 0) is 65.8 Å². The monoisotopic (exact) mass is 448 g/mol. The van der Waals surface area contributed by atoms with E-state index in [1.807, 2.05) is 30.3 Å². The second-order valence-corrected chi connectivity index (χ2v) is 7.60. The predicted molar refractivity (Wildman–Crippen MR) is 125 cm³/mol. The lowest BCUT2D eigenvalue weighted by Crippen LogP contribution is -2.54. The Bertz CT molecular complexity index is 1160. The molecule has 154 valence electrons. The Morgan fingerprint density at radius 2 is 1.61 bits per heavy atom. The topological polar surface area (TPSA) is 58.6 Å². The van der Waals surface area contributed by atoms with Gasteiger partial charge in [0, 0.05) is 5.02 Å². The lowest BCUT2D eigenvalue weighted by atomic mass is 10.1. The van der Waals surface area contributed by atoms with Crippen molar-refractivity contribution >= 4 is 52.5 Å². The second kappa shape index (κ2) is 9.12. The minimum atomic E-state index is -0.537. The van der Waals surface area contributed by atoms with Crippen molar-refractivity contribution in [3.05, 3.63) is 101 Å². The van der Waals surface area contributed by atoms with Crippen molar-refractivity contribution in [1.82, 2.24) is 5.32 Å². The van der Waals surface area contributed by atoms with Gasteiger partial charge in [0.2, 0.25) is 0 Å². The zero-order valence-corrected chi connectivity index (χ0v) is 17.8. The van der Waals surface area contributed by atoms with Crippen molar-refractivity contribution < 1.29 is 14.3 Å². The first-order valence-corrected chi connectivity index (χ1v) is 10.2. The van der Waals surface area contributed by atoms with E-state index >= 15 is 0 Å². The van der Waals surface area contributed by atoms with Crippen molar-refractivity contribution in [2.24, 2.45) is 0 Å². The fraction of sp³-hybridized carbons (Fsp3) is 0.0417. The van der Waals surface area contributed by atoms with E-state index in [1.54, 1.807) is 48.5 Å². The van der Waals surface area contributed by atoms with Crippen LogP contribution in [-0.2, 0) is 16.2 Å². The van der Waals surface area contributed by atoms with Crippen LogP contribution < -0.4 is 15.0 Å². The van der Waals surface area contributed by atoms with Crippen LogP contribution in [0.4, 0.5) is 5.69 Å². The summed E-state index contributed by atoms with van der Waals surface area (Å²) in [6.07, 6.45) is 1.53. The molecule has 3 aromatic rings. The third kappa shape index (κ3) is 4.82. The highest BCUT2D eigenvalue weighted by Gasteiger charge is 2.34. The number of thiocarbonyl (C=S) groups is 1. The van der Waals surface area contributed by atoms with Gasteiger partial charge in [-0.15, -0.1) is 0 Å². The highest BCUT2D eigenvalue weighted by molar-refractivity contribution is 7.80. The van der Waals surface area contributed by atoms with Crippen LogP contribution in [0.25, 0.3) is 6.08 Å². The van der Waals surface area contributed by atoms with Crippen molar-refractivity contribution in [2.75, 3.05) is 4.90 Å². The highest BCUT2D eigenvalue weighted by atomic mass is 35.5. The molecule has 31 heavy (non-hydrogen) atoms. The molecule has 2 amide bonds. The molecule has 5 nitrogen and oxygen atoms in total. The Labute approximate surface area is 189 Å². The molecule has 1 N–H and O–H groups in total. The van der Waals surface area contributed by atoms with E-state index in [-0.39, 0.29) is 10.7 Å². The Morgan fingerprint density at radius 3 is 2.29 bits per heavy atom. The largest absolute Gasteiger partial charge is 0.489 e. The van der Waals surface area contributed by atoms with Gasteiger partial charge in [0.25, 0.3) is 11.8 Å². The molecule has 0 saturated carbocycles. The van der Waals surface area contributed by atoms with E-state index in [2.05, 4.69) is 5.32 Å². The average Bonchev–Trinajstić information content (AvgIpc) is 2.78. The van der Waals surface area contributed by atoms with Crippen molar-refractivity contribution in [3.8, 4) is 5.75 Å². The molecule has 0 bridgehead atoms. The summed E-state index contributed by atoms with van der Waals surface area (Å²) in [5, 5.41) is 3.13. The van der Waals surface area contributed by atoms with E-state index in [0.29, 0.717) is 28.6 Å². The van der Waals surface area contributed by atoms with Crippen LogP contribution in [0, 0.1) is 0 Å². The van der Waals surface area contributed by atoms with Crippen LogP contribution in [0.15, 0.2) is 84.4 Å². The zero-order valence-electron chi connectivity index (χ0n) is 16.2. The molecule has 0 atom stereocenters. The fourth-order valence-electron chi connectivity index (χ4n) is 3.05. The van der Waals surface area contributed by atoms with Gasteiger partial charge in [-0.2, -0.15) is 0 Å². The molecular weight excluding hydrogens is 432 g/mol. The van der Waals surface area contributed by atoms with Crippen LogP contribution in [0.5, 0.6) is 5.75 Å². The SMILES string of the molecule is O=C1NC(=S)N(c2ccc(Cl)cc2)C(=O)C1=Cc1ccc(OCc2ccccc2)cc1. The van der Waals surface area contributed by atoms with Gasteiger partial charge in [-0.1, -0.05) is 54.1 Å². The molecule has 1 saturated heterocycles. The van der Waals surface area contributed by atoms with Crippen molar-refractivity contribution in [2.45, 2.75) is 6.61 Å². The molecule has 0 radical (unpaired) electrons. The van der Waals surface area contributed by atoms with Crippen molar-refractivity contribution in [3.63, 3.8) is 0 Å². The first kappa shape index (κ1) is 20.8. The van der Waals surface area contributed by atoms with Crippen LogP contribution in [0.3, 0.4) is 0 Å². The summed E-state index contributed by atoms with van der Waals surface area (Å²) in [7, 11) is 0. The summed E-state index contributed by atoms with van der Waals surface area (Å²) in [4.78, 5) is 26.7. The minimum Gasteiger partial charge on any atom is -0.489 e. The smallest absolute Gasteiger partial charge is 0.270 e. The number of halogens is 1. The normalized spacial score (nSPS) is 15.2. The molecule has 3 aromatic carbocycles. The number of nitrogens with one attached hydrogen (secondary N) is 1. The maximum absolute atomic E-state index is 13.0. The van der Waals surface area contributed by atoms with Crippen molar-refractivity contribution in [1.29, 1.82) is 0 Å². The third-order valence-electron chi connectivity index (χ3n) is 4.63. The number of amides is 2. The number of carbonyl (C=O) groups excluding carboxylic acids is 2. The van der Waals surface area contributed by atoms with Gasteiger partial charge in [0.1, 0.15) is 17.9 Å². The number of ether oxygens (including phenoxy) is 1. The summed E-state index contributed by atoms with van der Waals surface area (Å²) >= 11 is 11.1.